The van der Waals surface area contributed by atoms with E-state index in [1.165, 1.54) is 47.3 Å². The fourth-order valence-corrected chi connectivity index (χ4v) is 9.23. The number of thiophene rings is 1. The molecule has 0 saturated heterocycles. The van der Waals surface area contributed by atoms with E-state index in [-0.39, 0.29) is 0 Å². The van der Waals surface area contributed by atoms with E-state index in [4.69, 9.17) is 15.0 Å². The lowest BCUT2D eigenvalue weighted by molar-refractivity contribution is 0.955. The third kappa shape index (κ3) is 4.86. The zero-order chi connectivity index (χ0) is 35.6. The molecule has 4 nitrogen and oxygen atoms in total. The highest BCUT2D eigenvalue weighted by Gasteiger charge is 2.24. The summed E-state index contributed by atoms with van der Waals surface area (Å²) in [7, 11) is 0. The number of fused-ring (bicyclic) bond motifs is 10. The fraction of sp³-hybridized carbons (Fsp3) is 0. The minimum Gasteiger partial charge on any atom is -0.276 e. The molecule has 0 radical (unpaired) electrons. The van der Waals surface area contributed by atoms with Crippen LogP contribution in [0.25, 0.3) is 104 Å². The van der Waals surface area contributed by atoms with Crippen LogP contribution in [0.3, 0.4) is 0 Å². The molecule has 11 rings (SSSR count). The molecule has 8 aromatic carbocycles. The van der Waals surface area contributed by atoms with Gasteiger partial charge >= 0.3 is 0 Å². The Morgan fingerprint density at radius 2 is 0.889 bits per heavy atom. The van der Waals surface area contributed by atoms with E-state index < -0.39 is 0 Å². The second kappa shape index (κ2) is 12.3. The van der Waals surface area contributed by atoms with Crippen LogP contribution < -0.4 is 0 Å². The standard InChI is InChI=1S/C49H30N4S/c1-3-14-31(15-4-1)33-26-28-34(29-27-33)47-50-48(36-19-13-18-35(30-36)32-16-5-2-6-17-32)52-49(51-47)53-41-24-11-9-22-39(41)43-37-20-7-8-21-38(37)44-40-23-10-12-25-42(40)54-46(44)45(43)53/h1-30H. The molecule has 5 heteroatoms. The first-order valence-electron chi connectivity index (χ1n) is 18.1. The minimum atomic E-state index is 0.590. The number of benzene rings is 8. The molecule has 0 aliphatic heterocycles. The van der Waals surface area contributed by atoms with Gasteiger partial charge in [0.25, 0.3) is 0 Å². The quantitative estimate of drug-likeness (QED) is 0.179. The summed E-state index contributed by atoms with van der Waals surface area (Å²) in [5, 5.41) is 7.39. The van der Waals surface area contributed by atoms with Gasteiger partial charge in [0.15, 0.2) is 11.6 Å². The number of aromatic nitrogens is 4. The molecule has 3 heterocycles. The number of hydrogen-bond donors (Lipinski definition) is 0. The predicted molar refractivity (Wildman–Crippen MR) is 226 cm³/mol. The second-order valence-corrected chi connectivity index (χ2v) is 14.6. The van der Waals surface area contributed by atoms with Crippen LogP contribution in [-0.2, 0) is 0 Å². The number of para-hydroxylation sites is 1. The van der Waals surface area contributed by atoms with Gasteiger partial charge in [-0.2, -0.15) is 9.97 Å². The highest BCUT2D eigenvalue weighted by molar-refractivity contribution is 7.27. The van der Waals surface area contributed by atoms with Crippen molar-refractivity contribution in [2.24, 2.45) is 0 Å². The third-order valence-electron chi connectivity index (χ3n) is 10.5. The van der Waals surface area contributed by atoms with Crippen molar-refractivity contribution in [2.45, 2.75) is 0 Å². The summed E-state index contributed by atoms with van der Waals surface area (Å²) in [5.74, 6) is 1.84. The van der Waals surface area contributed by atoms with Crippen LogP contribution >= 0.6 is 11.3 Å². The first-order valence-corrected chi connectivity index (χ1v) is 18.9. The van der Waals surface area contributed by atoms with Crippen LogP contribution in [0.1, 0.15) is 0 Å². The van der Waals surface area contributed by atoms with Gasteiger partial charge in [-0.1, -0.05) is 164 Å². The van der Waals surface area contributed by atoms with Crippen LogP contribution in [-0.4, -0.2) is 19.5 Å². The monoisotopic (exact) mass is 706 g/mol. The predicted octanol–water partition coefficient (Wildman–Crippen LogP) is 13.2. The Bertz CT molecular complexity index is 3200. The van der Waals surface area contributed by atoms with Crippen molar-refractivity contribution < 1.29 is 0 Å². The molecule has 0 saturated carbocycles. The van der Waals surface area contributed by atoms with Gasteiger partial charge in [0.05, 0.1) is 15.7 Å². The Kier molecular flexibility index (Phi) is 7.00. The Labute approximate surface area is 315 Å². The summed E-state index contributed by atoms with van der Waals surface area (Å²) in [6.07, 6.45) is 0. The average Bonchev–Trinajstić information content (AvgIpc) is 3.82. The van der Waals surface area contributed by atoms with Crippen LogP contribution in [0.4, 0.5) is 0 Å². The summed E-state index contributed by atoms with van der Waals surface area (Å²) >= 11 is 1.84. The Hall–Kier alpha value is -6.95. The highest BCUT2D eigenvalue weighted by Crippen LogP contribution is 2.47. The number of nitrogens with zero attached hydrogens (tertiary/aromatic N) is 4. The topological polar surface area (TPSA) is 43.6 Å². The Morgan fingerprint density at radius 3 is 1.63 bits per heavy atom. The van der Waals surface area contributed by atoms with E-state index in [1.807, 2.05) is 23.5 Å². The molecule has 0 amide bonds. The molecule has 11 aromatic rings. The van der Waals surface area contributed by atoms with E-state index in [2.05, 4.69) is 174 Å². The zero-order valence-electron chi connectivity index (χ0n) is 29.0. The summed E-state index contributed by atoms with van der Waals surface area (Å²) in [5.41, 5.74) is 8.60. The largest absolute Gasteiger partial charge is 0.276 e. The van der Waals surface area contributed by atoms with Crippen molar-refractivity contribution in [2.75, 3.05) is 0 Å². The van der Waals surface area contributed by atoms with Crippen LogP contribution in [0.5, 0.6) is 0 Å². The maximum absolute atomic E-state index is 5.36. The van der Waals surface area contributed by atoms with Gasteiger partial charge in [0.2, 0.25) is 5.95 Å². The average molecular weight is 707 g/mol. The van der Waals surface area contributed by atoms with E-state index in [0.29, 0.717) is 17.6 Å². The van der Waals surface area contributed by atoms with Gasteiger partial charge in [0.1, 0.15) is 0 Å². The number of rotatable bonds is 5. The summed E-state index contributed by atoms with van der Waals surface area (Å²) in [6, 6.07) is 64.2. The molecule has 252 valence electrons. The van der Waals surface area contributed by atoms with E-state index in [0.717, 1.165) is 38.9 Å². The van der Waals surface area contributed by atoms with Crippen molar-refractivity contribution in [1.82, 2.24) is 19.5 Å². The van der Waals surface area contributed by atoms with Crippen molar-refractivity contribution in [3.63, 3.8) is 0 Å². The van der Waals surface area contributed by atoms with Crippen molar-refractivity contribution in [1.29, 1.82) is 0 Å². The van der Waals surface area contributed by atoms with Crippen molar-refractivity contribution in [3.05, 3.63) is 182 Å². The maximum Gasteiger partial charge on any atom is 0.238 e. The fourth-order valence-electron chi connectivity index (χ4n) is 7.97. The maximum atomic E-state index is 5.36. The lowest BCUT2D eigenvalue weighted by Crippen LogP contribution is -2.06. The molecule has 3 aromatic heterocycles. The Morgan fingerprint density at radius 1 is 0.370 bits per heavy atom. The van der Waals surface area contributed by atoms with Crippen molar-refractivity contribution >= 4 is 64.1 Å². The molecule has 0 fully saturated rings. The molecule has 0 spiro atoms. The normalized spacial score (nSPS) is 11.7. The third-order valence-corrected chi connectivity index (χ3v) is 11.6. The molecule has 0 bridgehead atoms. The molecular formula is C49H30N4S. The lowest BCUT2D eigenvalue weighted by Gasteiger charge is -2.13. The smallest absolute Gasteiger partial charge is 0.238 e. The summed E-state index contributed by atoms with van der Waals surface area (Å²) < 4.78 is 4.77. The molecule has 54 heavy (non-hydrogen) atoms. The second-order valence-electron chi connectivity index (χ2n) is 13.6. The van der Waals surface area contributed by atoms with Crippen LogP contribution in [0.2, 0.25) is 0 Å². The first-order chi connectivity index (χ1) is 26.8. The van der Waals surface area contributed by atoms with Gasteiger partial charge in [-0.3, -0.25) is 4.57 Å². The SMILES string of the molecule is c1ccc(-c2ccc(-c3nc(-c4cccc(-c5ccccc5)c4)nc(-n4c5ccccc5c5c6ccccc6c6c7ccccc7sc6c54)n3)cc2)cc1. The molecule has 0 unspecified atom stereocenters. The molecule has 0 N–H and O–H groups in total. The zero-order valence-corrected chi connectivity index (χ0v) is 29.8. The van der Waals surface area contributed by atoms with Crippen LogP contribution in [0, 0.1) is 0 Å². The number of hydrogen-bond acceptors (Lipinski definition) is 4. The first kappa shape index (κ1) is 30.7. The van der Waals surface area contributed by atoms with E-state index in [9.17, 15) is 0 Å². The Balaban J connectivity index is 1.22. The van der Waals surface area contributed by atoms with Crippen LogP contribution in [0.15, 0.2) is 182 Å². The summed E-state index contributed by atoms with van der Waals surface area (Å²) in [4.78, 5) is 15.9. The minimum absolute atomic E-state index is 0.590. The van der Waals surface area contributed by atoms with Gasteiger partial charge in [-0.05, 0) is 51.2 Å². The van der Waals surface area contributed by atoms with Crippen molar-refractivity contribution in [3.8, 4) is 51.0 Å². The van der Waals surface area contributed by atoms with Gasteiger partial charge in [-0.25, -0.2) is 4.98 Å². The molecule has 0 atom stereocenters. The molecule has 0 aliphatic carbocycles. The summed E-state index contributed by atoms with van der Waals surface area (Å²) in [6.45, 7) is 0. The van der Waals surface area contributed by atoms with E-state index >= 15 is 0 Å². The van der Waals surface area contributed by atoms with Gasteiger partial charge in [0, 0.05) is 37.4 Å². The molecule has 0 aliphatic rings. The van der Waals surface area contributed by atoms with Gasteiger partial charge < -0.3 is 0 Å². The highest BCUT2D eigenvalue weighted by atomic mass is 32.1. The lowest BCUT2D eigenvalue weighted by atomic mass is 9.99. The molecular weight excluding hydrogens is 677 g/mol. The van der Waals surface area contributed by atoms with Gasteiger partial charge in [-0.15, -0.1) is 11.3 Å². The van der Waals surface area contributed by atoms with E-state index in [1.54, 1.807) is 0 Å².